The lowest BCUT2D eigenvalue weighted by Gasteiger charge is -2.37. The average molecular weight is 275 g/mol. The maximum atomic E-state index is 5.41. The number of hydrogen-bond acceptors (Lipinski definition) is 5. The first-order chi connectivity index (χ1) is 9.85. The van der Waals surface area contributed by atoms with Gasteiger partial charge in [-0.05, 0) is 25.0 Å². The van der Waals surface area contributed by atoms with Crippen molar-refractivity contribution in [3.63, 3.8) is 0 Å². The van der Waals surface area contributed by atoms with Crippen LogP contribution in [0.25, 0.3) is 0 Å². The van der Waals surface area contributed by atoms with E-state index < -0.39 is 0 Å². The van der Waals surface area contributed by atoms with E-state index in [0.717, 1.165) is 37.2 Å². The Labute approximate surface area is 121 Å². The summed E-state index contributed by atoms with van der Waals surface area (Å²) in [7, 11) is 0. The summed E-state index contributed by atoms with van der Waals surface area (Å²) in [4.78, 5) is 9.67. The highest BCUT2D eigenvalue weighted by Gasteiger charge is 2.26. The van der Waals surface area contributed by atoms with Gasteiger partial charge in [0.1, 0.15) is 5.82 Å². The SMILES string of the molecule is NNc1cccc(CN2CCN(C3CCCC3)CC2)n1. The number of nitrogen functional groups attached to an aromatic ring is 1. The number of aromatic nitrogens is 1. The zero-order chi connectivity index (χ0) is 13.8. The summed E-state index contributed by atoms with van der Waals surface area (Å²) >= 11 is 0. The van der Waals surface area contributed by atoms with Crippen LogP contribution < -0.4 is 11.3 Å². The monoisotopic (exact) mass is 275 g/mol. The van der Waals surface area contributed by atoms with Crippen LogP contribution in [0.2, 0.25) is 0 Å². The van der Waals surface area contributed by atoms with E-state index in [2.05, 4.69) is 26.3 Å². The van der Waals surface area contributed by atoms with E-state index in [0.29, 0.717) is 0 Å². The van der Waals surface area contributed by atoms with Crippen molar-refractivity contribution in [1.82, 2.24) is 14.8 Å². The second-order valence-corrected chi connectivity index (χ2v) is 5.91. The number of pyridine rings is 1. The topological polar surface area (TPSA) is 57.4 Å². The van der Waals surface area contributed by atoms with Gasteiger partial charge in [0.2, 0.25) is 0 Å². The summed E-state index contributed by atoms with van der Waals surface area (Å²) in [6.07, 6.45) is 5.67. The van der Waals surface area contributed by atoms with Gasteiger partial charge in [0.15, 0.2) is 0 Å². The van der Waals surface area contributed by atoms with Crippen LogP contribution in [0.4, 0.5) is 5.82 Å². The van der Waals surface area contributed by atoms with Gasteiger partial charge in [-0.15, -0.1) is 0 Å². The fourth-order valence-electron chi connectivity index (χ4n) is 3.43. The largest absolute Gasteiger partial charge is 0.308 e. The fourth-order valence-corrected chi connectivity index (χ4v) is 3.43. The molecule has 1 saturated heterocycles. The number of nitrogens with zero attached hydrogens (tertiary/aromatic N) is 3. The molecule has 0 amide bonds. The van der Waals surface area contributed by atoms with Crippen LogP contribution in [0.1, 0.15) is 31.4 Å². The second-order valence-electron chi connectivity index (χ2n) is 5.91. The number of rotatable bonds is 4. The highest BCUT2D eigenvalue weighted by molar-refractivity contribution is 5.33. The van der Waals surface area contributed by atoms with Gasteiger partial charge < -0.3 is 5.43 Å². The Morgan fingerprint density at radius 3 is 2.60 bits per heavy atom. The van der Waals surface area contributed by atoms with Crippen molar-refractivity contribution in [2.45, 2.75) is 38.3 Å². The molecule has 1 aromatic rings. The number of anilines is 1. The molecule has 5 heteroatoms. The second kappa shape index (κ2) is 6.52. The van der Waals surface area contributed by atoms with Crippen molar-refractivity contribution in [1.29, 1.82) is 0 Å². The number of hydrogen-bond donors (Lipinski definition) is 2. The van der Waals surface area contributed by atoms with Crippen molar-refractivity contribution in [2.24, 2.45) is 5.84 Å². The quantitative estimate of drug-likeness (QED) is 0.643. The number of piperazine rings is 1. The third kappa shape index (κ3) is 3.29. The Kier molecular flexibility index (Phi) is 4.50. The van der Waals surface area contributed by atoms with Gasteiger partial charge in [0.05, 0.1) is 5.69 Å². The third-order valence-corrected chi connectivity index (χ3v) is 4.59. The molecule has 0 aromatic carbocycles. The molecule has 3 rings (SSSR count). The Morgan fingerprint density at radius 1 is 1.15 bits per heavy atom. The molecular formula is C15H25N5. The van der Waals surface area contributed by atoms with Gasteiger partial charge >= 0.3 is 0 Å². The minimum absolute atomic E-state index is 0.743. The summed E-state index contributed by atoms with van der Waals surface area (Å²) in [6, 6.07) is 6.83. The number of nitrogens with one attached hydrogen (secondary N) is 1. The van der Waals surface area contributed by atoms with E-state index in [1.807, 2.05) is 12.1 Å². The molecule has 110 valence electrons. The molecule has 1 aliphatic heterocycles. The molecule has 2 heterocycles. The molecule has 1 saturated carbocycles. The maximum Gasteiger partial charge on any atom is 0.140 e. The summed E-state index contributed by atoms with van der Waals surface area (Å²) in [5, 5.41) is 0. The van der Waals surface area contributed by atoms with Crippen LogP contribution >= 0.6 is 0 Å². The lowest BCUT2D eigenvalue weighted by Crippen LogP contribution is -2.49. The molecular weight excluding hydrogens is 250 g/mol. The molecule has 1 aliphatic carbocycles. The van der Waals surface area contributed by atoms with E-state index in [-0.39, 0.29) is 0 Å². The van der Waals surface area contributed by atoms with E-state index in [9.17, 15) is 0 Å². The highest BCUT2D eigenvalue weighted by Crippen LogP contribution is 2.24. The molecule has 2 aliphatic rings. The summed E-state index contributed by atoms with van der Waals surface area (Å²) in [6.45, 7) is 5.64. The van der Waals surface area contributed by atoms with Gasteiger partial charge in [-0.2, -0.15) is 0 Å². The molecule has 0 spiro atoms. The van der Waals surface area contributed by atoms with Gasteiger partial charge in [-0.1, -0.05) is 18.9 Å². The minimum Gasteiger partial charge on any atom is -0.308 e. The maximum absolute atomic E-state index is 5.41. The lowest BCUT2D eigenvalue weighted by atomic mass is 10.2. The smallest absolute Gasteiger partial charge is 0.140 e. The van der Waals surface area contributed by atoms with Crippen LogP contribution in [0.3, 0.4) is 0 Å². The van der Waals surface area contributed by atoms with Crippen LogP contribution in [-0.4, -0.2) is 47.0 Å². The normalized spacial score (nSPS) is 22.2. The first-order valence-corrected chi connectivity index (χ1v) is 7.74. The van der Waals surface area contributed by atoms with Crippen LogP contribution in [0, 0.1) is 0 Å². The zero-order valence-electron chi connectivity index (χ0n) is 12.1. The molecule has 0 bridgehead atoms. The van der Waals surface area contributed by atoms with Crippen molar-refractivity contribution in [2.75, 3.05) is 31.6 Å². The molecule has 20 heavy (non-hydrogen) atoms. The van der Waals surface area contributed by atoms with E-state index in [1.165, 1.54) is 38.8 Å². The molecule has 1 aromatic heterocycles. The Morgan fingerprint density at radius 2 is 1.90 bits per heavy atom. The molecule has 5 nitrogen and oxygen atoms in total. The summed E-state index contributed by atoms with van der Waals surface area (Å²) in [5.41, 5.74) is 3.70. The van der Waals surface area contributed by atoms with E-state index >= 15 is 0 Å². The Bertz CT molecular complexity index is 422. The van der Waals surface area contributed by atoms with Crippen LogP contribution in [0.5, 0.6) is 0 Å². The van der Waals surface area contributed by atoms with Gasteiger partial charge in [0, 0.05) is 38.8 Å². The average Bonchev–Trinajstić information content (AvgIpc) is 3.02. The Hall–Kier alpha value is -1.17. The van der Waals surface area contributed by atoms with Gasteiger partial charge in [0.25, 0.3) is 0 Å². The number of nitrogens with two attached hydrogens (primary N) is 1. The summed E-state index contributed by atoms with van der Waals surface area (Å²) < 4.78 is 0. The van der Waals surface area contributed by atoms with Crippen LogP contribution in [-0.2, 0) is 6.54 Å². The van der Waals surface area contributed by atoms with E-state index in [1.54, 1.807) is 0 Å². The molecule has 2 fully saturated rings. The fraction of sp³-hybridized carbons (Fsp3) is 0.667. The van der Waals surface area contributed by atoms with Crippen molar-refractivity contribution < 1.29 is 0 Å². The standard InChI is InChI=1S/C15H25N5/c16-18-15-7-3-4-13(17-15)12-19-8-10-20(11-9-19)14-5-1-2-6-14/h3-4,7,14H,1-2,5-6,8-12,16H2,(H,17,18). The molecule has 3 N–H and O–H groups in total. The predicted octanol–water partition coefficient (Wildman–Crippen LogP) is 1.43. The first kappa shape index (κ1) is 13.8. The van der Waals surface area contributed by atoms with Crippen molar-refractivity contribution in [3.8, 4) is 0 Å². The van der Waals surface area contributed by atoms with Crippen LogP contribution in [0.15, 0.2) is 18.2 Å². The minimum atomic E-state index is 0.743. The van der Waals surface area contributed by atoms with Gasteiger partial charge in [-0.25, -0.2) is 10.8 Å². The summed E-state index contributed by atoms with van der Waals surface area (Å²) in [5.74, 6) is 6.15. The molecule has 0 radical (unpaired) electrons. The zero-order valence-corrected chi connectivity index (χ0v) is 12.1. The third-order valence-electron chi connectivity index (χ3n) is 4.59. The van der Waals surface area contributed by atoms with E-state index in [4.69, 9.17) is 5.84 Å². The Balaban J connectivity index is 1.50. The molecule has 0 atom stereocenters. The predicted molar refractivity (Wildman–Crippen MR) is 81.2 cm³/mol. The van der Waals surface area contributed by atoms with Crippen molar-refractivity contribution >= 4 is 5.82 Å². The lowest BCUT2D eigenvalue weighted by molar-refractivity contribution is 0.0930. The molecule has 0 unspecified atom stereocenters. The highest BCUT2D eigenvalue weighted by atomic mass is 15.3. The van der Waals surface area contributed by atoms with Crippen molar-refractivity contribution in [3.05, 3.63) is 23.9 Å². The number of hydrazine groups is 1. The van der Waals surface area contributed by atoms with Gasteiger partial charge in [-0.3, -0.25) is 9.80 Å². The first-order valence-electron chi connectivity index (χ1n) is 7.74.